The quantitative estimate of drug-likeness (QED) is 0.723. The number of imidazole rings is 1. The van der Waals surface area contributed by atoms with Crippen molar-refractivity contribution in [2.75, 3.05) is 6.61 Å². The van der Waals surface area contributed by atoms with Gasteiger partial charge in [-0.2, -0.15) is 0 Å². The molecule has 0 aliphatic heterocycles. The van der Waals surface area contributed by atoms with Gasteiger partial charge in [-0.3, -0.25) is 4.57 Å². The first-order valence-corrected chi connectivity index (χ1v) is 4.51. The SMILES string of the molecule is CCC(C)(CCO)n1cc[nH]c1=O. The molecule has 0 saturated carbocycles. The second-order valence-electron chi connectivity index (χ2n) is 3.46. The lowest BCUT2D eigenvalue weighted by molar-refractivity contribution is 0.190. The van der Waals surface area contributed by atoms with E-state index in [2.05, 4.69) is 4.98 Å². The Morgan fingerprint density at radius 3 is 2.77 bits per heavy atom. The molecule has 4 heteroatoms. The molecule has 0 aliphatic carbocycles. The van der Waals surface area contributed by atoms with Crippen LogP contribution in [-0.2, 0) is 5.54 Å². The van der Waals surface area contributed by atoms with Crippen LogP contribution < -0.4 is 5.69 Å². The Morgan fingerprint density at radius 2 is 2.38 bits per heavy atom. The summed E-state index contributed by atoms with van der Waals surface area (Å²) in [5.41, 5.74) is -0.385. The molecule has 1 rings (SSSR count). The van der Waals surface area contributed by atoms with Crippen LogP contribution in [0.15, 0.2) is 17.2 Å². The van der Waals surface area contributed by atoms with Crippen molar-refractivity contribution in [2.45, 2.75) is 32.2 Å². The molecule has 0 amide bonds. The third-order valence-corrected chi connectivity index (χ3v) is 2.64. The number of aliphatic hydroxyl groups excluding tert-OH is 1. The van der Waals surface area contributed by atoms with Crippen LogP contribution in [0.5, 0.6) is 0 Å². The molecule has 1 aromatic rings. The Kier molecular flexibility index (Phi) is 2.93. The van der Waals surface area contributed by atoms with Gasteiger partial charge in [0.2, 0.25) is 0 Å². The van der Waals surface area contributed by atoms with Gasteiger partial charge in [0.05, 0.1) is 0 Å². The number of aliphatic hydroxyl groups is 1. The standard InChI is InChI=1S/C9H16N2O2/c1-3-9(2,4-7-12)11-6-5-10-8(11)13/h5-6,12H,3-4,7H2,1-2H3,(H,10,13). The highest BCUT2D eigenvalue weighted by Gasteiger charge is 2.24. The molecule has 74 valence electrons. The lowest BCUT2D eigenvalue weighted by Gasteiger charge is -2.28. The second kappa shape index (κ2) is 3.79. The van der Waals surface area contributed by atoms with Crippen molar-refractivity contribution in [1.29, 1.82) is 0 Å². The number of H-pyrrole nitrogens is 1. The van der Waals surface area contributed by atoms with Gasteiger partial charge in [-0.25, -0.2) is 4.79 Å². The average Bonchev–Trinajstić information content (AvgIpc) is 2.52. The van der Waals surface area contributed by atoms with Gasteiger partial charge < -0.3 is 10.1 Å². The number of hydrogen-bond donors (Lipinski definition) is 2. The summed E-state index contributed by atoms with van der Waals surface area (Å²) in [6, 6.07) is 0. The lowest BCUT2D eigenvalue weighted by Crippen LogP contribution is -2.37. The van der Waals surface area contributed by atoms with Crippen LogP contribution in [0.2, 0.25) is 0 Å². The molecule has 13 heavy (non-hydrogen) atoms. The smallest absolute Gasteiger partial charge is 0.325 e. The maximum atomic E-state index is 11.3. The maximum absolute atomic E-state index is 11.3. The normalized spacial score (nSPS) is 15.6. The molecule has 0 spiro atoms. The molecule has 1 atom stereocenters. The van der Waals surface area contributed by atoms with E-state index in [0.717, 1.165) is 6.42 Å². The average molecular weight is 184 g/mol. The largest absolute Gasteiger partial charge is 0.396 e. The van der Waals surface area contributed by atoms with Gasteiger partial charge in [-0.1, -0.05) is 6.92 Å². The maximum Gasteiger partial charge on any atom is 0.325 e. The summed E-state index contributed by atoms with van der Waals surface area (Å²) >= 11 is 0. The van der Waals surface area contributed by atoms with Crippen molar-refractivity contribution in [3.63, 3.8) is 0 Å². The van der Waals surface area contributed by atoms with Crippen LogP contribution in [0.4, 0.5) is 0 Å². The van der Waals surface area contributed by atoms with Gasteiger partial charge in [-0.05, 0) is 19.8 Å². The van der Waals surface area contributed by atoms with Crippen LogP contribution in [-0.4, -0.2) is 21.3 Å². The number of aromatic nitrogens is 2. The fourth-order valence-electron chi connectivity index (χ4n) is 1.45. The van der Waals surface area contributed by atoms with E-state index in [4.69, 9.17) is 5.11 Å². The molecule has 1 unspecified atom stereocenters. The highest BCUT2D eigenvalue weighted by atomic mass is 16.3. The Morgan fingerprint density at radius 1 is 1.69 bits per heavy atom. The summed E-state index contributed by atoms with van der Waals surface area (Å²) in [6.07, 6.45) is 4.77. The van der Waals surface area contributed by atoms with E-state index in [0.29, 0.717) is 6.42 Å². The van der Waals surface area contributed by atoms with Crippen molar-refractivity contribution in [3.8, 4) is 0 Å². The van der Waals surface area contributed by atoms with Crippen LogP contribution in [0.3, 0.4) is 0 Å². The van der Waals surface area contributed by atoms with Crippen LogP contribution >= 0.6 is 0 Å². The molecule has 0 aliphatic rings. The minimum absolute atomic E-state index is 0.0992. The van der Waals surface area contributed by atoms with E-state index < -0.39 is 0 Å². The zero-order chi connectivity index (χ0) is 9.90. The molecule has 0 saturated heterocycles. The van der Waals surface area contributed by atoms with Crippen molar-refractivity contribution < 1.29 is 5.11 Å². The summed E-state index contributed by atoms with van der Waals surface area (Å²) in [5.74, 6) is 0. The van der Waals surface area contributed by atoms with E-state index in [9.17, 15) is 4.79 Å². The van der Waals surface area contributed by atoms with Crippen molar-refractivity contribution in [2.24, 2.45) is 0 Å². The molecule has 0 fully saturated rings. The third-order valence-electron chi connectivity index (χ3n) is 2.64. The summed E-state index contributed by atoms with van der Waals surface area (Å²) in [7, 11) is 0. The number of aromatic amines is 1. The van der Waals surface area contributed by atoms with E-state index in [1.165, 1.54) is 0 Å². The molecule has 0 aromatic carbocycles. The Bertz CT molecular complexity index is 315. The van der Waals surface area contributed by atoms with Crippen molar-refractivity contribution in [3.05, 3.63) is 22.9 Å². The highest BCUT2D eigenvalue weighted by molar-refractivity contribution is 4.88. The number of nitrogens with zero attached hydrogens (tertiary/aromatic N) is 1. The first kappa shape index (κ1) is 10.1. The van der Waals surface area contributed by atoms with Crippen LogP contribution in [0, 0.1) is 0 Å². The molecule has 0 bridgehead atoms. The first-order chi connectivity index (χ1) is 6.14. The topological polar surface area (TPSA) is 58.0 Å². The Labute approximate surface area is 77.2 Å². The highest BCUT2D eigenvalue weighted by Crippen LogP contribution is 2.21. The van der Waals surface area contributed by atoms with E-state index in [1.54, 1.807) is 17.0 Å². The molecule has 1 heterocycles. The van der Waals surface area contributed by atoms with Gasteiger partial charge in [0, 0.05) is 24.5 Å². The summed E-state index contributed by atoms with van der Waals surface area (Å²) in [6.45, 7) is 4.08. The molecule has 1 aromatic heterocycles. The minimum atomic E-state index is -0.272. The second-order valence-corrected chi connectivity index (χ2v) is 3.46. The van der Waals surface area contributed by atoms with E-state index in [-0.39, 0.29) is 17.8 Å². The zero-order valence-electron chi connectivity index (χ0n) is 8.08. The fraction of sp³-hybridized carbons (Fsp3) is 0.667. The molecular formula is C9H16N2O2. The Balaban J connectivity index is 3.02. The number of nitrogens with one attached hydrogen (secondary N) is 1. The fourth-order valence-corrected chi connectivity index (χ4v) is 1.45. The van der Waals surface area contributed by atoms with Crippen molar-refractivity contribution >= 4 is 0 Å². The minimum Gasteiger partial charge on any atom is -0.396 e. The zero-order valence-corrected chi connectivity index (χ0v) is 8.08. The lowest BCUT2D eigenvalue weighted by atomic mass is 9.95. The van der Waals surface area contributed by atoms with Crippen LogP contribution in [0.25, 0.3) is 0 Å². The van der Waals surface area contributed by atoms with Gasteiger partial charge in [0.15, 0.2) is 0 Å². The van der Waals surface area contributed by atoms with Crippen molar-refractivity contribution in [1.82, 2.24) is 9.55 Å². The number of rotatable bonds is 4. The molecular weight excluding hydrogens is 168 g/mol. The van der Waals surface area contributed by atoms with Gasteiger partial charge in [0.1, 0.15) is 0 Å². The first-order valence-electron chi connectivity index (χ1n) is 4.51. The number of hydrogen-bond acceptors (Lipinski definition) is 2. The molecule has 2 N–H and O–H groups in total. The van der Waals surface area contributed by atoms with Gasteiger partial charge in [0.25, 0.3) is 0 Å². The predicted molar refractivity (Wildman–Crippen MR) is 50.7 cm³/mol. The van der Waals surface area contributed by atoms with Crippen LogP contribution in [0.1, 0.15) is 26.7 Å². The monoisotopic (exact) mass is 184 g/mol. The molecule has 4 nitrogen and oxygen atoms in total. The van der Waals surface area contributed by atoms with E-state index in [1.807, 2.05) is 13.8 Å². The summed E-state index contributed by atoms with van der Waals surface area (Å²) in [4.78, 5) is 13.9. The van der Waals surface area contributed by atoms with Gasteiger partial charge >= 0.3 is 5.69 Å². The third kappa shape index (κ3) is 1.83. The van der Waals surface area contributed by atoms with Gasteiger partial charge in [-0.15, -0.1) is 0 Å². The summed E-state index contributed by atoms with van der Waals surface area (Å²) in [5, 5.41) is 8.90. The summed E-state index contributed by atoms with van der Waals surface area (Å²) < 4.78 is 1.64. The predicted octanol–water partition coefficient (Wildman–Crippen LogP) is 0.684. The molecule has 0 radical (unpaired) electrons. The van der Waals surface area contributed by atoms with E-state index >= 15 is 0 Å². The Hall–Kier alpha value is -1.03.